The van der Waals surface area contributed by atoms with Crippen LogP contribution in [0.3, 0.4) is 0 Å². The maximum atomic E-state index is 14.6. The quantitative estimate of drug-likeness (QED) is 0.547. The Labute approximate surface area is 172 Å². The van der Waals surface area contributed by atoms with E-state index in [0.717, 1.165) is 17.7 Å². The second kappa shape index (κ2) is 9.57. The molecule has 0 radical (unpaired) electrons. The van der Waals surface area contributed by atoms with E-state index in [4.69, 9.17) is 6.42 Å². The van der Waals surface area contributed by atoms with Crippen LogP contribution >= 0.6 is 0 Å². The molecule has 0 spiro atoms. The van der Waals surface area contributed by atoms with Gasteiger partial charge in [-0.15, -0.1) is 6.42 Å². The van der Waals surface area contributed by atoms with Crippen molar-refractivity contribution >= 4 is 0 Å². The van der Waals surface area contributed by atoms with E-state index in [9.17, 15) is 18.3 Å². The second-order valence-corrected chi connectivity index (χ2v) is 7.04. The first-order valence-electron chi connectivity index (χ1n) is 9.30. The van der Waals surface area contributed by atoms with E-state index in [1.165, 1.54) is 35.5 Å². The van der Waals surface area contributed by atoms with Gasteiger partial charge in [-0.1, -0.05) is 24.1 Å². The van der Waals surface area contributed by atoms with E-state index in [1.807, 2.05) is 0 Å². The van der Waals surface area contributed by atoms with Crippen molar-refractivity contribution in [2.45, 2.75) is 18.6 Å². The van der Waals surface area contributed by atoms with E-state index < -0.39 is 17.2 Å². The third-order valence-corrected chi connectivity index (χ3v) is 4.73. The lowest BCUT2D eigenvalue weighted by molar-refractivity contribution is -0.0184. The van der Waals surface area contributed by atoms with Gasteiger partial charge >= 0.3 is 0 Å². The first-order valence-corrected chi connectivity index (χ1v) is 9.30. The monoisotopic (exact) mass is 414 g/mol. The Bertz CT molecular complexity index is 1020. The van der Waals surface area contributed by atoms with E-state index in [1.54, 1.807) is 17.0 Å². The third kappa shape index (κ3) is 5.47. The van der Waals surface area contributed by atoms with Gasteiger partial charge in [0.1, 0.15) is 35.7 Å². The Hall–Kier alpha value is -3.15. The van der Waals surface area contributed by atoms with Gasteiger partial charge in [-0.3, -0.25) is 4.90 Å². The summed E-state index contributed by atoms with van der Waals surface area (Å²) in [6.07, 6.45) is 8.65. The van der Waals surface area contributed by atoms with Crippen LogP contribution in [0, 0.1) is 29.8 Å². The average Bonchev–Trinajstić information content (AvgIpc) is 3.19. The predicted octanol–water partition coefficient (Wildman–Crippen LogP) is 2.76. The van der Waals surface area contributed by atoms with E-state index in [-0.39, 0.29) is 31.0 Å². The van der Waals surface area contributed by atoms with E-state index >= 15 is 0 Å². The summed E-state index contributed by atoms with van der Waals surface area (Å²) in [6, 6.07) is 9.21. The smallest absolute Gasteiger partial charge is 0.137 e. The van der Waals surface area contributed by atoms with Crippen molar-refractivity contribution in [2.75, 3.05) is 19.6 Å². The number of terminal acetylenes is 1. The molecule has 156 valence electrons. The van der Waals surface area contributed by atoms with Gasteiger partial charge in [0.15, 0.2) is 0 Å². The molecule has 0 bridgehead atoms. The number of benzene rings is 2. The standard InChI is InChI=1S/C22H21F3N4O/c1-2-9-28(10-8-17-4-3-5-18(23)11-17)13-22(30,14-29-16-26-15-27-29)20-7-6-19(24)12-21(20)25/h1,3-7,11-12,15-16,30H,8-10,13-14H2. The van der Waals surface area contributed by atoms with Crippen LogP contribution in [0.25, 0.3) is 0 Å². The molecule has 1 aromatic heterocycles. The minimum absolute atomic E-state index is 0.0467. The van der Waals surface area contributed by atoms with Gasteiger partial charge in [0.2, 0.25) is 0 Å². The summed E-state index contributed by atoms with van der Waals surface area (Å²) in [5.41, 5.74) is -1.07. The Kier molecular flexibility index (Phi) is 6.87. The molecule has 3 aromatic rings. The molecule has 1 unspecified atom stereocenters. The topological polar surface area (TPSA) is 54.2 Å². The molecule has 5 nitrogen and oxygen atoms in total. The Balaban J connectivity index is 1.86. The van der Waals surface area contributed by atoms with Gasteiger partial charge < -0.3 is 5.11 Å². The highest BCUT2D eigenvalue weighted by Crippen LogP contribution is 2.28. The predicted molar refractivity (Wildman–Crippen MR) is 106 cm³/mol. The lowest BCUT2D eigenvalue weighted by atomic mass is 9.92. The molecule has 0 aliphatic carbocycles. The summed E-state index contributed by atoms with van der Waals surface area (Å²) in [5.74, 6) is 0.567. The second-order valence-electron chi connectivity index (χ2n) is 7.04. The number of rotatable bonds is 9. The minimum atomic E-state index is -1.76. The highest BCUT2D eigenvalue weighted by Gasteiger charge is 2.35. The van der Waals surface area contributed by atoms with E-state index in [0.29, 0.717) is 13.0 Å². The van der Waals surface area contributed by atoms with Crippen LogP contribution < -0.4 is 0 Å². The lowest BCUT2D eigenvalue weighted by Gasteiger charge is -2.34. The molecule has 30 heavy (non-hydrogen) atoms. The van der Waals surface area contributed by atoms with Crippen molar-refractivity contribution in [3.05, 3.63) is 83.7 Å². The number of nitrogens with zero attached hydrogens (tertiary/aromatic N) is 4. The van der Waals surface area contributed by atoms with Crippen molar-refractivity contribution in [1.29, 1.82) is 0 Å². The van der Waals surface area contributed by atoms with Gasteiger partial charge in [-0.25, -0.2) is 22.8 Å². The number of aromatic nitrogens is 3. The molecular formula is C22H21F3N4O. The molecule has 2 aromatic carbocycles. The molecule has 1 heterocycles. The fourth-order valence-corrected chi connectivity index (χ4v) is 3.36. The molecule has 3 rings (SSSR count). The lowest BCUT2D eigenvalue weighted by Crippen LogP contribution is -2.45. The molecule has 0 saturated heterocycles. The van der Waals surface area contributed by atoms with Crippen LogP contribution in [0.5, 0.6) is 0 Å². The van der Waals surface area contributed by atoms with Crippen LogP contribution in [0.1, 0.15) is 11.1 Å². The zero-order valence-electron chi connectivity index (χ0n) is 16.2. The molecular weight excluding hydrogens is 393 g/mol. The molecule has 1 N–H and O–H groups in total. The van der Waals surface area contributed by atoms with Gasteiger partial charge in [0.25, 0.3) is 0 Å². The number of aliphatic hydroxyl groups is 1. The number of hydrogen-bond acceptors (Lipinski definition) is 4. The fraction of sp³-hybridized carbons (Fsp3) is 0.273. The third-order valence-electron chi connectivity index (χ3n) is 4.73. The van der Waals surface area contributed by atoms with Crippen molar-refractivity contribution in [3.63, 3.8) is 0 Å². The summed E-state index contributed by atoms with van der Waals surface area (Å²) in [5, 5.41) is 15.4. The molecule has 0 amide bonds. The Morgan fingerprint density at radius 2 is 1.93 bits per heavy atom. The van der Waals surface area contributed by atoms with Gasteiger partial charge in [0, 0.05) is 24.7 Å². The van der Waals surface area contributed by atoms with Gasteiger partial charge in [0.05, 0.1) is 13.1 Å². The Morgan fingerprint density at radius 1 is 1.13 bits per heavy atom. The highest BCUT2D eigenvalue weighted by molar-refractivity contribution is 5.26. The van der Waals surface area contributed by atoms with Crippen molar-refractivity contribution in [3.8, 4) is 12.3 Å². The first kappa shape index (κ1) is 21.6. The van der Waals surface area contributed by atoms with Crippen LogP contribution in [0.2, 0.25) is 0 Å². The SMILES string of the molecule is C#CCN(CCc1cccc(F)c1)CC(O)(Cn1cncn1)c1ccc(F)cc1F. The van der Waals surface area contributed by atoms with Crippen LogP contribution in [-0.2, 0) is 18.6 Å². The largest absolute Gasteiger partial charge is 0.382 e. The highest BCUT2D eigenvalue weighted by atomic mass is 19.1. The normalized spacial score (nSPS) is 13.2. The summed E-state index contributed by atoms with van der Waals surface area (Å²) in [7, 11) is 0. The number of hydrogen-bond donors (Lipinski definition) is 1. The Morgan fingerprint density at radius 3 is 2.60 bits per heavy atom. The minimum Gasteiger partial charge on any atom is -0.382 e. The molecule has 0 aliphatic heterocycles. The first-order chi connectivity index (χ1) is 14.4. The zero-order valence-corrected chi connectivity index (χ0v) is 16.2. The number of halogens is 3. The van der Waals surface area contributed by atoms with Crippen LogP contribution in [-0.4, -0.2) is 44.4 Å². The summed E-state index contributed by atoms with van der Waals surface area (Å²) in [4.78, 5) is 5.60. The summed E-state index contributed by atoms with van der Waals surface area (Å²) in [6.45, 7) is 0.416. The van der Waals surface area contributed by atoms with Gasteiger partial charge in [-0.2, -0.15) is 5.10 Å². The van der Waals surface area contributed by atoms with Gasteiger partial charge in [-0.05, 0) is 30.2 Å². The molecule has 0 saturated carbocycles. The molecule has 1 atom stereocenters. The van der Waals surface area contributed by atoms with Crippen LogP contribution in [0.4, 0.5) is 13.2 Å². The maximum Gasteiger partial charge on any atom is 0.137 e. The van der Waals surface area contributed by atoms with Crippen molar-refractivity contribution in [2.24, 2.45) is 0 Å². The maximum absolute atomic E-state index is 14.6. The molecule has 8 heteroatoms. The van der Waals surface area contributed by atoms with Crippen molar-refractivity contribution in [1.82, 2.24) is 19.7 Å². The molecule has 0 aliphatic rings. The average molecular weight is 414 g/mol. The van der Waals surface area contributed by atoms with E-state index in [2.05, 4.69) is 16.0 Å². The fourth-order valence-electron chi connectivity index (χ4n) is 3.36. The summed E-state index contributed by atoms with van der Waals surface area (Å²) < 4.78 is 42.8. The molecule has 0 fully saturated rings. The van der Waals surface area contributed by atoms with Crippen molar-refractivity contribution < 1.29 is 18.3 Å². The summed E-state index contributed by atoms with van der Waals surface area (Å²) >= 11 is 0. The zero-order chi connectivity index (χ0) is 21.6. The van der Waals surface area contributed by atoms with Crippen LogP contribution in [0.15, 0.2) is 55.1 Å².